The summed E-state index contributed by atoms with van der Waals surface area (Å²) in [6, 6.07) is 16.4. The van der Waals surface area contributed by atoms with Crippen molar-refractivity contribution < 1.29 is 23.5 Å². The third-order valence-corrected chi connectivity index (χ3v) is 7.17. The van der Waals surface area contributed by atoms with Crippen LogP contribution in [0.4, 0.5) is 20.6 Å². The first-order chi connectivity index (χ1) is 18.7. The quantitative estimate of drug-likeness (QED) is 0.510. The molecule has 0 bridgehead atoms. The average molecular weight is 531 g/mol. The number of ether oxygens (including phenoxy) is 1. The van der Waals surface area contributed by atoms with Crippen LogP contribution in [0.1, 0.15) is 29.3 Å². The summed E-state index contributed by atoms with van der Waals surface area (Å²) in [5.41, 5.74) is 3.37. The zero-order chi connectivity index (χ0) is 27.7. The van der Waals surface area contributed by atoms with E-state index in [2.05, 4.69) is 5.32 Å². The maximum Gasteiger partial charge on any atom is 0.414 e. The normalized spacial score (nSPS) is 17.2. The third-order valence-electron chi connectivity index (χ3n) is 7.17. The van der Waals surface area contributed by atoms with E-state index < -0.39 is 18.0 Å². The van der Waals surface area contributed by atoms with Gasteiger partial charge < -0.3 is 19.9 Å². The maximum atomic E-state index is 15.2. The lowest BCUT2D eigenvalue weighted by Gasteiger charge is -2.28. The summed E-state index contributed by atoms with van der Waals surface area (Å²) in [6.07, 6.45) is 1.34. The topological polar surface area (TPSA) is 82.2 Å². The number of cyclic esters (lactones) is 1. The summed E-state index contributed by atoms with van der Waals surface area (Å²) >= 11 is 0. The Kier molecular flexibility index (Phi) is 7.24. The van der Waals surface area contributed by atoms with Crippen LogP contribution in [-0.4, -0.2) is 69.2 Å². The van der Waals surface area contributed by atoms with Crippen molar-refractivity contribution in [2.45, 2.75) is 19.4 Å². The van der Waals surface area contributed by atoms with Gasteiger partial charge in [0.05, 0.1) is 18.8 Å². The molecule has 2 aliphatic heterocycles. The number of hydrogen-bond acceptors (Lipinski definition) is 5. The Morgan fingerprint density at radius 2 is 1.87 bits per heavy atom. The second-order valence-electron chi connectivity index (χ2n) is 10.0. The van der Waals surface area contributed by atoms with Crippen molar-refractivity contribution in [1.29, 1.82) is 0 Å². The van der Waals surface area contributed by atoms with Gasteiger partial charge in [-0.25, -0.2) is 9.18 Å². The molecule has 1 fully saturated rings. The van der Waals surface area contributed by atoms with E-state index in [-0.39, 0.29) is 24.9 Å². The van der Waals surface area contributed by atoms with Crippen molar-refractivity contribution in [2.75, 3.05) is 50.1 Å². The van der Waals surface area contributed by atoms with Crippen LogP contribution in [0.15, 0.2) is 60.7 Å². The van der Waals surface area contributed by atoms with Gasteiger partial charge in [-0.15, -0.1) is 0 Å². The van der Waals surface area contributed by atoms with Crippen LogP contribution in [0.25, 0.3) is 16.3 Å². The standard InChI is InChI=1S/C30H31FN4O4/c1-19(36)32-17-22-18-35(30(38)39-22)21-8-9-23(27(31)16-21)20-12-14-34(15-13-20)29(37)26-10-11-28(33(2)3)25-7-5-4-6-24(25)26/h4-12,16,22H,13-15,17-18H2,1-3H3,(H,32,36)/t22-/m0/s1. The number of halogens is 1. The summed E-state index contributed by atoms with van der Waals surface area (Å²) in [5, 5.41) is 4.55. The predicted octanol–water partition coefficient (Wildman–Crippen LogP) is 4.44. The smallest absolute Gasteiger partial charge is 0.414 e. The summed E-state index contributed by atoms with van der Waals surface area (Å²) in [7, 11) is 3.96. The minimum atomic E-state index is -0.574. The van der Waals surface area contributed by atoms with Crippen molar-refractivity contribution >= 4 is 45.6 Å². The number of fused-ring (bicyclic) bond motifs is 1. The minimum absolute atomic E-state index is 0.0519. The zero-order valence-corrected chi connectivity index (χ0v) is 22.2. The van der Waals surface area contributed by atoms with E-state index in [0.29, 0.717) is 36.3 Å². The van der Waals surface area contributed by atoms with E-state index in [1.165, 1.54) is 17.9 Å². The number of amides is 3. The molecular formula is C30H31FN4O4. The van der Waals surface area contributed by atoms with Gasteiger partial charge in [-0.3, -0.25) is 14.5 Å². The fourth-order valence-corrected chi connectivity index (χ4v) is 5.16. The molecule has 2 aliphatic rings. The van der Waals surface area contributed by atoms with Crippen LogP contribution in [-0.2, 0) is 9.53 Å². The van der Waals surface area contributed by atoms with Crippen LogP contribution in [0, 0.1) is 5.82 Å². The predicted molar refractivity (Wildman–Crippen MR) is 149 cm³/mol. The highest BCUT2D eigenvalue weighted by molar-refractivity contribution is 6.10. The van der Waals surface area contributed by atoms with E-state index in [0.717, 1.165) is 22.0 Å². The molecule has 9 heteroatoms. The van der Waals surface area contributed by atoms with Crippen LogP contribution < -0.4 is 15.1 Å². The molecule has 8 nitrogen and oxygen atoms in total. The van der Waals surface area contributed by atoms with Gasteiger partial charge in [0, 0.05) is 56.3 Å². The Hall–Kier alpha value is -4.40. The molecule has 0 spiro atoms. The minimum Gasteiger partial charge on any atom is -0.442 e. The first-order valence-corrected chi connectivity index (χ1v) is 12.9. The van der Waals surface area contributed by atoms with Crippen molar-refractivity contribution in [3.05, 3.63) is 77.6 Å². The summed E-state index contributed by atoms with van der Waals surface area (Å²) < 4.78 is 20.5. The monoisotopic (exact) mass is 530 g/mol. The van der Waals surface area contributed by atoms with Crippen molar-refractivity contribution in [1.82, 2.24) is 10.2 Å². The number of carbonyl (C=O) groups is 3. The third kappa shape index (κ3) is 5.30. The van der Waals surface area contributed by atoms with Gasteiger partial charge in [-0.1, -0.05) is 30.3 Å². The molecule has 2 heterocycles. The fraction of sp³-hybridized carbons (Fsp3) is 0.300. The molecule has 202 valence electrons. The van der Waals surface area contributed by atoms with Gasteiger partial charge in [0.1, 0.15) is 11.9 Å². The fourth-order valence-electron chi connectivity index (χ4n) is 5.16. The van der Waals surface area contributed by atoms with Gasteiger partial charge in [-0.05, 0) is 47.7 Å². The number of nitrogens with one attached hydrogen (secondary N) is 1. The van der Waals surface area contributed by atoms with Crippen molar-refractivity contribution in [3.63, 3.8) is 0 Å². The number of benzene rings is 3. The van der Waals surface area contributed by atoms with Crippen molar-refractivity contribution in [3.8, 4) is 0 Å². The van der Waals surface area contributed by atoms with E-state index in [4.69, 9.17) is 4.74 Å². The molecule has 0 radical (unpaired) electrons. The number of nitrogens with zero attached hydrogens (tertiary/aromatic N) is 3. The Balaban J connectivity index is 1.30. The lowest BCUT2D eigenvalue weighted by molar-refractivity contribution is -0.119. The molecule has 39 heavy (non-hydrogen) atoms. The zero-order valence-electron chi connectivity index (χ0n) is 22.2. The second-order valence-corrected chi connectivity index (χ2v) is 10.0. The van der Waals surface area contributed by atoms with Gasteiger partial charge in [0.15, 0.2) is 0 Å². The van der Waals surface area contributed by atoms with Crippen LogP contribution >= 0.6 is 0 Å². The Bertz CT molecular complexity index is 1490. The lowest BCUT2D eigenvalue weighted by Crippen LogP contribution is -2.35. The number of rotatable bonds is 6. The van der Waals surface area contributed by atoms with Crippen molar-refractivity contribution in [2.24, 2.45) is 0 Å². The first-order valence-electron chi connectivity index (χ1n) is 12.9. The van der Waals surface area contributed by atoms with E-state index >= 15 is 4.39 Å². The number of carbonyl (C=O) groups excluding carboxylic acids is 3. The van der Waals surface area contributed by atoms with Crippen LogP contribution in [0.3, 0.4) is 0 Å². The summed E-state index contributed by atoms with van der Waals surface area (Å²) in [4.78, 5) is 42.1. The highest BCUT2D eigenvalue weighted by atomic mass is 19.1. The SMILES string of the molecule is CC(=O)NC[C@H]1CN(c2ccc(C3=CCN(C(=O)c4ccc(N(C)C)c5ccccc45)CC3)c(F)c2)C(=O)O1. The molecule has 5 rings (SSSR count). The summed E-state index contributed by atoms with van der Waals surface area (Å²) in [5.74, 6) is -0.706. The molecular weight excluding hydrogens is 499 g/mol. The molecule has 0 aromatic heterocycles. The lowest BCUT2D eigenvalue weighted by atomic mass is 9.97. The van der Waals surface area contributed by atoms with Gasteiger partial charge in [-0.2, -0.15) is 0 Å². The second kappa shape index (κ2) is 10.8. The molecule has 0 saturated carbocycles. The largest absolute Gasteiger partial charge is 0.442 e. The number of hydrogen-bond donors (Lipinski definition) is 1. The van der Waals surface area contributed by atoms with Gasteiger partial charge >= 0.3 is 6.09 Å². The molecule has 1 N–H and O–H groups in total. The summed E-state index contributed by atoms with van der Waals surface area (Å²) in [6.45, 7) is 2.67. The Morgan fingerprint density at radius 3 is 2.54 bits per heavy atom. The van der Waals surface area contributed by atoms with Crippen LogP contribution in [0.5, 0.6) is 0 Å². The molecule has 0 unspecified atom stereocenters. The molecule has 3 amide bonds. The van der Waals surface area contributed by atoms with Gasteiger partial charge in [0.2, 0.25) is 5.91 Å². The van der Waals surface area contributed by atoms with E-state index in [1.807, 2.05) is 61.5 Å². The molecule has 0 aliphatic carbocycles. The molecule has 3 aromatic carbocycles. The Morgan fingerprint density at radius 1 is 1.10 bits per heavy atom. The van der Waals surface area contributed by atoms with Crippen LogP contribution in [0.2, 0.25) is 0 Å². The molecule has 3 aromatic rings. The Labute approximate surface area is 226 Å². The molecule has 1 atom stereocenters. The highest BCUT2D eigenvalue weighted by Crippen LogP contribution is 2.32. The maximum absolute atomic E-state index is 15.2. The van der Waals surface area contributed by atoms with Gasteiger partial charge in [0.25, 0.3) is 5.91 Å². The first kappa shape index (κ1) is 26.2. The van der Waals surface area contributed by atoms with E-state index in [9.17, 15) is 14.4 Å². The van der Waals surface area contributed by atoms with E-state index in [1.54, 1.807) is 17.0 Å². The number of anilines is 2. The molecule has 1 saturated heterocycles. The highest BCUT2D eigenvalue weighted by Gasteiger charge is 2.33. The average Bonchev–Trinajstić information content (AvgIpc) is 3.31.